The minimum atomic E-state index is -0.172. The first-order chi connectivity index (χ1) is 9.54. The number of carbonyl (C=O) groups is 1. The zero-order valence-electron chi connectivity index (χ0n) is 11.0. The van der Waals surface area contributed by atoms with Crippen molar-refractivity contribution in [2.45, 2.75) is 17.1 Å². The Labute approximate surface area is 131 Å². The van der Waals surface area contributed by atoms with Gasteiger partial charge in [-0.25, -0.2) is 0 Å². The predicted molar refractivity (Wildman–Crippen MR) is 88.9 cm³/mol. The quantitative estimate of drug-likeness (QED) is 0.643. The number of nitrogen functional groups attached to an aromatic ring is 1. The van der Waals surface area contributed by atoms with Crippen molar-refractivity contribution >= 4 is 45.0 Å². The van der Waals surface area contributed by atoms with Gasteiger partial charge in [0.1, 0.15) is 0 Å². The molecule has 3 nitrogen and oxygen atoms in total. The summed E-state index contributed by atoms with van der Waals surface area (Å²) in [7, 11) is 0. The number of halogens is 1. The van der Waals surface area contributed by atoms with Crippen LogP contribution in [0.25, 0.3) is 0 Å². The van der Waals surface area contributed by atoms with Crippen molar-refractivity contribution in [2.75, 3.05) is 11.1 Å². The maximum absolute atomic E-state index is 12.1. The van der Waals surface area contributed by atoms with Crippen LogP contribution >= 0.6 is 27.7 Å². The second-order valence-corrected chi connectivity index (χ2v) is 6.66. The molecule has 0 saturated heterocycles. The molecule has 0 aliphatic carbocycles. The number of carbonyl (C=O) groups excluding carboxylic acids is 1. The van der Waals surface area contributed by atoms with E-state index >= 15 is 0 Å². The summed E-state index contributed by atoms with van der Waals surface area (Å²) < 4.78 is 1.03. The largest absolute Gasteiger partial charge is 0.399 e. The van der Waals surface area contributed by atoms with Crippen molar-refractivity contribution in [3.63, 3.8) is 0 Å². The third-order valence-corrected chi connectivity index (χ3v) is 4.31. The molecule has 104 valence electrons. The Morgan fingerprint density at radius 3 is 2.35 bits per heavy atom. The second-order valence-electron chi connectivity index (χ2n) is 4.33. The predicted octanol–water partition coefficient (Wildman–Crippen LogP) is 4.15. The highest BCUT2D eigenvalue weighted by Crippen LogP contribution is 2.25. The number of rotatable bonds is 4. The van der Waals surface area contributed by atoms with Gasteiger partial charge in [-0.1, -0.05) is 15.9 Å². The smallest absolute Gasteiger partial charge is 0.237 e. The average molecular weight is 351 g/mol. The van der Waals surface area contributed by atoms with E-state index in [4.69, 9.17) is 5.73 Å². The van der Waals surface area contributed by atoms with Crippen LogP contribution in [0.5, 0.6) is 0 Å². The third kappa shape index (κ3) is 4.28. The lowest BCUT2D eigenvalue weighted by Crippen LogP contribution is -2.22. The summed E-state index contributed by atoms with van der Waals surface area (Å²) in [4.78, 5) is 13.2. The fourth-order valence-corrected chi connectivity index (χ4v) is 2.71. The summed E-state index contributed by atoms with van der Waals surface area (Å²) in [5, 5.41) is 2.70. The van der Waals surface area contributed by atoms with E-state index in [1.165, 1.54) is 11.8 Å². The lowest BCUT2D eigenvalue weighted by atomic mass is 10.3. The summed E-state index contributed by atoms with van der Waals surface area (Å²) >= 11 is 4.92. The number of thioether (sulfide) groups is 1. The molecule has 0 aliphatic rings. The van der Waals surface area contributed by atoms with Crippen LogP contribution in [-0.2, 0) is 4.79 Å². The molecule has 1 amide bonds. The van der Waals surface area contributed by atoms with E-state index in [1.807, 2.05) is 31.2 Å². The molecule has 0 aromatic heterocycles. The molecule has 1 unspecified atom stereocenters. The van der Waals surface area contributed by atoms with E-state index in [2.05, 4.69) is 21.2 Å². The molecule has 0 heterocycles. The van der Waals surface area contributed by atoms with Crippen molar-refractivity contribution in [2.24, 2.45) is 0 Å². The zero-order valence-corrected chi connectivity index (χ0v) is 13.4. The van der Waals surface area contributed by atoms with Gasteiger partial charge >= 0.3 is 0 Å². The third-order valence-electron chi connectivity index (χ3n) is 2.67. The van der Waals surface area contributed by atoms with Crippen molar-refractivity contribution < 1.29 is 4.79 Å². The van der Waals surface area contributed by atoms with Gasteiger partial charge in [0, 0.05) is 20.7 Å². The SMILES string of the molecule is CC(Sc1ccc(Br)cc1)C(=O)Nc1ccc(N)cc1. The van der Waals surface area contributed by atoms with Crippen LogP contribution in [-0.4, -0.2) is 11.2 Å². The number of hydrogen-bond acceptors (Lipinski definition) is 3. The highest BCUT2D eigenvalue weighted by Gasteiger charge is 2.14. The summed E-state index contributed by atoms with van der Waals surface area (Å²) in [6.07, 6.45) is 0. The molecule has 0 fully saturated rings. The van der Waals surface area contributed by atoms with Gasteiger partial charge < -0.3 is 11.1 Å². The van der Waals surface area contributed by atoms with Crippen molar-refractivity contribution in [3.8, 4) is 0 Å². The molecule has 3 N–H and O–H groups in total. The standard InChI is InChI=1S/C15H15BrN2OS/c1-10(20-14-8-2-11(16)3-9-14)15(19)18-13-6-4-12(17)5-7-13/h2-10H,17H2,1H3,(H,18,19). The van der Waals surface area contributed by atoms with Gasteiger partial charge in [0.25, 0.3) is 0 Å². The fraction of sp³-hybridized carbons (Fsp3) is 0.133. The molecule has 0 spiro atoms. The van der Waals surface area contributed by atoms with Crippen LogP contribution in [0.3, 0.4) is 0 Å². The van der Waals surface area contributed by atoms with E-state index in [-0.39, 0.29) is 11.2 Å². The van der Waals surface area contributed by atoms with E-state index in [0.29, 0.717) is 5.69 Å². The fourth-order valence-electron chi connectivity index (χ4n) is 1.58. The number of benzene rings is 2. The topological polar surface area (TPSA) is 55.1 Å². The zero-order chi connectivity index (χ0) is 14.5. The summed E-state index contributed by atoms with van der Waals surface area (Å²) in [5.41, 5.74) is 7.05. The first kappa shape index (κ1) is 14.9. The maximum Gasteiger partial charge on any atom is 0.237 e. The molecule has 2 aromatic rings. The van der Waals surface area contributed by atoms with Crippen LogP contribution in [0.4, 0.5) is 11.4 Å². The first-order valence-corrected chi connectivity index (χ1v) is 7.80. The highest BCUT2D eigenvalue weighted by atomic mass is 79.9. The van der Waals surface area contributed by atoms with Crippen molar-refractivity contribution in [1.29, 1.82) is 0 Å². The Hall–Kier alpha value is -1.46. The highest BCUT2D eigenvalue weighted by molar-refractivity contribution is 9.10. The van der Waals surface area contributed by atoms with E-state index in [9.17, 15) is 4.79 Å². The molecular formula is C15H15BrN2OS. The number of amides is 1. The van der Waals surface area contributed by atoms with Gasteiger partial charge in [0.15, 0.2) is 0 Å². The molecular weight excluding hydrogens is 336 g/mol. The lowest BCUT2D eigenvalue weighted by Gasteiger charge is -2.12. The molecule has 20 heavy (non-hydrogen) atoms. The number of nitrogens with two attached hydrogens (primary N) is 1. The van der Waals surface area contributed by atoms with Crippen LogP contribution < -0.4 is 11.1 Å². The van der Waals surface area contributed by atoms with Crippen molar-refractivity contribution in [1.82, 2.24) is 0 Å². The molecule has 2 aromatic carbocycles. The van der Waals surface area contributed by atoms with E-state index in [1.54, 1.807) is 24.3 Å². The number of hydrogen-bond donors (Lipinski definition) is 2. The van der Waals surface area contributed by atoms with Crippen LogP contribution in [0.15, 0.2) is 57.9 Å². The average Bonchev–Trinajstić information content (AvgIpc) is 2.44. The van der Waals surface area contributed by atoms with Crippen LogP contribution in [0.2, 0.25) is 0 Å². The van der Waals surface area contributed by atoms with Crippen LogP contribution in [0.1, 0.15) is 6.92 Å². The van der Waals surface area contributed by atoms with Gasteiger partial charge in [-0.2, -0.15) is 0 Å². The Kier molecular flexibility index (Phi) is 5.09. The molecule has 0 saturated carbocycles. The molecule has 0 radical (unpaired) electrons. The van der Waals surface area contributed by atoms with E-state index < -0.39 is 0 Å². The second kappa shape index (κ2) is 6.81. The number of nitrogens with one attached hydrogen (secondary N) is 1. The Balaban J connectivity index is 1.94. The van der Waals surface area contributed by atoms with Gasteiger partial charge in [0.05, 0.1) is 5.25 Å². The van der Waals surface area contributed by atoms with Gasteiger partial charge in [0.2, 0.25) is 5.91 Å². The first-order valence-electron chi connectivity index (χ1n) is 6.13. The van der Waals surface area contributed by atoms with Gasteiger partial charge in [-0.15, -0.1) is 11.8 Å². The molecule has 0 bridgehead atoms. The molecule has 5 heteroatoms. The minimum absolute atomic E-state index is 0.0253. The van der Waals surface area contributed by atoms with Gasteiger partial charge in [-0.05, 0) is 55.5 Å². The van der Waals surface area contributed by atoms with Crippen molar-refractivity contribution in [3.05, 3.63) is 53.0 Å². The molecule has 2 rings (SSSR count). The monoisotopic (exact) mass is 350 g/mol. The minimum Gasteiger partial charge on any atom is -0.399 e. The molecule has 1 atom stereocenters. The Morgan fingerprint density at radius 2 is 1.75 bits per heavy atom. The van der Waals surface area contributed by atoms with Crippen LogP contribution in [0, 0.1) is 0 Å². The maximum atomic E-state index is 12.1. The molecule has 0 aliphatic heterocycles. The summed E-state index contributed by atoms with van der Waals surface area (Å²) in [6, 6.07) is 15.0. The number of anilines is 2. The Bertz CT molecular complexity index is 584. The van der Waals surface area contributed by atoms with E-state index in [0.717, 1.165) is 15.1 Å². The lowest BCUT2D eigenvalue weighted by molar-refractivity contribution is -0.115. The normalized spacial score (nSPS) is 11.9. The van der Waals surface area contributed by atoms with Gasteiger partial charge in [-0.3, -0.25) is 4.79 Å². The summed E-state index contributed by atoms with van der Waals surface area (Å²) in [5.74, 6) is -0.0253. The Morgan fingerprint density at radius 1 is 1.15 bits per heavy atom. The summed E-state index contributed by atoms with van der Waals surface area (Å²) in [6.45, 7) is 1.89.